The van der Waals surface area contributed by atoms with E-state index in [0.29, 0.717) is 6.54 Å². The van der Waals surface area contributed by atoms with Crippen LogP contribution in [-0.2, 0) is 27.9 Å². The number of phenols is 1. The van der Waals surface area contributed by atoms with E-state index in [2.05, 4.69) is 0 Å². The highest BCUT2D eigenvalue weighted by molar-refractivity contribution is 7.89. The van der Waals surface area contributed by atoms with Gasteiger partial charge < -0.3 is 10.0 Å². The molecule has 0 atom stereocenters. The monoisotopic (exact) mass is 472 g/mol. The smallest absolute Gasteiger partial charge is 0.329 e. The molecule has 0 saturated carbocycles. The van der Waals surface area contributed by atoms with Gasteiger partial charge in [0.15, 0.2) is 0 Å². The average molecular weight is 473 g/mol. The quantitative estimate of drug-likeness (QED) is 0.589. The van der Waals surface area contributed by atoms with Crippen LogP contribution in [0.15, 0.2) is 52.2 Å². The summed E-state index contributed by atoms with van der Waals surface area (Å²) in [6.45, 7) is 5.30. The number of para-hydroxylation sites is 2. The van der Waals surface area contributed by atoms with Crippen molar-refractivity contribution in [3.63, 3.8) is 0 Å². The summed E-state index contributed by atoms with van der Waals surface area (Å²) in [6.07, 6.45) is 0.156. The molecular weight excluding hydrogens is 444 g/mol. The average Bonchev–Trinajstić information content (AvgIpc) is 3.09. The van der Waals surface area contributed by atoms with Crippen LogP contribution in [0.4, 0.5) is 0 Å². The van der Waals surface area contributed by atoms with Crippen molar-refractivity contribution in [2.45, 2.75) is 38.3 Å². The number of fused-ring (bicyclic) bond motifs is 1. The van der Waals surface area contributed by atoms with Crippen LogP contribution in [0.2, 0.25) is 0 Å². The molecule has 0 spiro atoms. The number of rotatable bonds is 6. The molecule has 9 nitrogen and oxygen atoms in total. The minimum Gasteiger partial charge on any atom is -0.507 e. The van der Waals surface area contributed by atoms with Crippen LogP contribution >= 0.6 is 0 Å². The highest BCUT2D eigenvalue weighted by Crippen LogP contribution is 2.27. The van der Waals surface area contributed by atoms with Gasteiger partial charge in [0.05, 0.1) is 11.0 Å². The zero-order valence-corrected chi connectivity index (χ0v) is 19.6. The minimum atomic E-state index is -3.85. The SMILES string of the molecule is CCn1c(=O)n(CCC(=O)N2CCN(S(=O)(=O)c3cc(C)ccc3O)CC2)c2ccccc21. The van der Waals surface area contributed by atoms with Crippen molar-refractivity contribution in [1.82, 2.24) is 18.3 Å². The molecule has 1 amide bonds. The largest absolute Gasteiger partial charge is 0.507 e. The second-order valence-electron chi connectivity index (χ2n) is 8.17. The number of carbonyl (C=O) groups excluding carboxylic acids is 1. The van der Waals surface area contributed by atoms with Crippen molar-refractivity contribution in [2.75, 3.05) is 26.2 Å². The first kappa shape index (κ1) is 23.1. The summed E-state index contributed by atoms with van der Waals surface area (Å²) in [5, 5.41) is 10.0. The van der Waals surface area contributed by atoms with Gasteiger partial charge in [-0.05, 0) is 43.7 Å². The van der Waals surface area contributed by atoms with Crippen LogP contribution < -0.4 is 5.69 Å². The van der Waals surface area contributed by atoms with Gasteiger partial charge in [-0.15, -0.1) is 0 Å². The van der Waals surface area contributed by atoms with E-state index in [-0.39, 0.29) is 61.4 Å². The number of imidazole rings is 1. The van der Waals surface area contributed by atoms with E-state index in [1.54, 1.807) is 27.0 Å². The molecule has 1 aliphatic rings. The molecule has 1 N–H and O–H groups in total. The minimum absolute atomic E-state index is 0.117. The zero-order valence-electron chi connectivity index (χ0n) is 18.8. The fourth-order valence-corrected chi connectivity index (χ4v) is 5.89. The summed E-state index contributed by atoms with van der Waals surface area (Å²) in [5.74, 6) is -0.401. The van der Waals surface area contributed by atoms with Gasteiger partial charge in [0.1, 0.15) is 10.6 Å². The first-order valence-electron chi connectivity index (χ1n) is 11.0. The summed E-state index contributed by atoms with van der Waals surface area (Å²) in [5.41, 5.74) is 2.24. The Morgan fingerprint density at radius 1 is 1.00 bits per heavy atom. The summed E-state index contributed by atoms with van der Waals surface area (Å²) in [4.78, 5) is 27.1. The van der Waals surface area contributed by atoms with Crippen molar-refractivity contribution in [2.24, 2.45) is 0 Å². The molecule has 1 aliphatic heterocycles. The van der Waals surface area contributed by atoms with E-state index in [1.165, 1.54) is 16.4 Å². The summed E-state index contributed by atoms with van der Waals surface area (Å²) >= 11 is 0. The molecule has 0 bridgehead atoms. The molecule has 1 aromatic heterocycles. The van der Waals surface area contributed by atoms with E-state index < -0.39 is 10.0 Å². The predicted molar refractivity (Wildman–Crippen MR) is 125 cm³/mol. The molecule has 3 aromatic rings. The van der Waals surface area contributed by atoms with Crippen molar-refractivity contribution < 1.29 is 18.3 Å². The lowest BCUT2D eigenvalue weighted by Gasteiger charge is -2.34. The maximum atomic E-state index is 13.0. The molecule has 0 aliphatic carbocycles. The van der Waals surface area contributed by atoms with Gasteiger partial charge in [-0.1, -0.05) is 18.2 Å². The molecular formula is C23H28N4O5S. The lowest BCUT2D eigenvalue weighted by atomic mass is 10.2. The van der Waals surface area contributed by atoms with Crippen LogP contribution in [0.3, 0.4) is 0 Å². The van der Waals surface area contributed by atoms with Crippen LogP contribution in [0, 0.1) is 6.92 Å². The number of aryl methyl sites for hydroxylation is 3. The third-order valence-electron chi connectivity index (χ3n) is 6.12. The van der Waals surface area contributed by atoms with Gasteiger partial charge in [-0.25, -0.2) is 13.2 Å². The fraction of sp³-hybridized carbons (Fsp3) is 0.391. The van der Waals surface area contributed by atoms with Gasteiger partial charge in [0, 0.05) is 45.7 Å². The lowest BCUT2D eigenvalue weighted by molar-refractivity contribution is -0.132. The Bertz CT molecular complexity index is 1350. The number of amides is 1. The maximum absolute atomic E-state index is 13.0. The molecule has 2 aromatic carbocycles. The third-order valence-corrected chi connectivity index (χ3v) is 8.04. The Morgan fingerprint density at radius 2 is 1.64 bits per heavy atom. The van der Waals surface area contributed by atoms with Crippen LogP contribution in [-0.4, -0.2) is 63.9 Å². The second kappa shape index (κ2) is 9.03. The summed E-state index contributed by atoms with van der Waals surface area (Å²) in [6, 6.07) is 12.0. The molecule has 4 rings (SSSR count). The molecule has 33 heavy (non-hydrogen) atoms. The number of nitrogens with zero attached hydrogens (tertiary/aromatic N) is 4. The van der Waals surface area contributed by atoms with Gasteiger partial charge in [0.25, 0.3) is 0 Å². The van der Waals surface area contributed by atoms with E-state index >= 15 is 0 Å². The Morgan fingerprint density at radius 3 is 2.27 bits per heavy atom. The topological polar surface area (TPSA) is 105 Å². The Hall–Kier alpha value is -3.11. The highest BCUT2D eigenvalue weighted by Gasteiger charge is 2.32. The van der Waals surface area contributed by atoms with Crippen LogP contribution in [0.1, 0.15) is 18.9 Å². The predicted octanol–water partition coefficient (Wildman–Crippen LogP) is 1.76. The maximum Gasteiger partial charge on any atom is 0.329 e. The standard InChI is InChI=1S/C23H28N4O5S/c1-3-26-18-6-4-5-7-19(18)27(23(26)30)11-10-22(29)24-12-14-25(15-13-24)33(31,32)21-16-17(2)8-9-20(21)28/h4-9,16,28H,3,10-15H2,1-2H3. The number of hydrogen-bond donors (Lipinski definition) is 1. The van der Waals surface area contributed by atoms with E-state index in [4.69, 9.17) is 0 Å². The van der Waals surface area contributed by atoms with Crippen molar-refractivity contribution in [3.05, 3.63) is 58.5 Å². The normalized spacial score (nSPS) is 15.3. The van der Waals surface area contributed by atoms with Crippen molar-refractivity contribution >= 4 is 27.0 Å². The van der Waals surface area contributed by atoms with Crippen LogP contribution in [0.25, 0.3) is 11.0 Å². The second-order valence-corrected chi connectivity index (χ2v) is 10.1. The van der Waals surface area contributed by atoms with Crippen molar-refractivity contribution in [3.8, 4) is 5.75 Å². The molecule has 176 valence electrons. The number of benzene rings is 2. The number of aromatic hydroxyl groups is 1. The first-order valence-corrected chi connectivity index (χ1v) is 12.4. The van der Waals surface area contributed by atoms with E-state index in [0.717, 1.165) is 16.6 Å². The zero-order chi connectivity index (χ0) is 23.8. The Kier molecular flexibility index (Phi) is 6.31. The number of carbonyl (C=O) groups is 1. The number of sulfonamides is 1. The molecule has 1 fully saturated rings. The molecule has 0 radical (unpaired) electrons. The van der Waals surface area contributed by atoms with Gasteiger partial charge in [0.2, 0.25) is 15.9 Å². The van der Waals surface area contributed by atoms with E-state index in [1.807, 2.05) is 31.2 Å². The third kappa shape index (κ3) is 4.28. The molecule has 2 heterocycles. The molecule has 10 heteroatoms. The van der Waals surface area contributed by atoms with E-state index in [9.17, 15) is 23.1 Å². The molecule has 0 unspecified atom stereocenters. The van der Waals surface area contributed by atoms with Crippen molar-refractivity contribution in [1.29, 1.82) is 0 Å². The first-order chi connectivity index (χ1) is 15.7. The number of piperazine rings is 1. The van der Waals surface area contributed by atoms with Gasteiger partial charge in [-0.2, -0.15) is 4.31 Å². The van der Waals surface area contributed by atoms with Gasteiger partial charge in [-0.3, -0.25) is 13.9 Å². The Labute approximate surface area is 192 Å². The van der Waals surface area contributed by atoms with Gasteiger partial charge >= 0.3 is 5.69 Å². The number of hydrogen-bond acceptors (Lipinski definition) is 5. The summed E-state index contributed by atoms with van der Waals surface area (Å²) < 4.78 is 30.5. The number of aromatic nitrogens is 2. The number of phenolic OH excluding ortho intramolecular Hbond substituents is 1. The lowest BCUT2D eigenvalue weighted by Crippen LogP contribution is -2.50. The van der Waals surface area contributed by atoms with Crippen LogP contribution in [0.5, 0.6) is 5.75 Å². The molecule has 1 saturated heterocycles. The fourth-order valence-electron chi connectivity index (χ4n) is 4.30. The Balaban J connectivity index is 1.42. The highest BCUT2D eigenvalue weighted by atomic mass is 32.2. The summed E-state index contributed by atoms with van der Waals surface area (Å²) in [7, 11) is -3.85.